The molecule has 0 spiro atoms. The number of carbonyl (C=O) groups is 2. The molecule has 3 amide bonds. The average Bonchev–Trinajstić information content (AvgIpc) is 2.92. The number of amides is 3. The SMILES string of the molecule is Cc1cn(C2CCNCC2)c2ccc(N3CCC(=O)NC3=O)cc12. The Morgan fingerprint density at radius 1 is 1.17 bits per heavy atom. The van der Waals surface area contributed by atoms with Crippen molar-refractivity contribution in [2.45, 2.75) is 32.2 Å². The van der Waals surface area contributed by atoms with Gasteiger partial charge in [-0.3, -0.25) is 15.0 Å². The van der Waals surface area contributed by atoms with Gasteiger partial charge in [-0.25, -0.2) is 4.79 Å². The van der Waals surface area contributed by atoms with Crippen molar-refractivity contribution in [3.8, 4) is 0 Å². The maximum absolute atomic E-state index is 12.1. The number of urea groups is 1. The molecule has 3 heterocycles. The Labute approximate surface area is 140 Å². The number of piperidine rings is 1. The fraction of sp³-hybridized carbons (Fsp3) is 0.444. The van der Waals surface area contributed by atoms with Gasteiger partial charge in [0.1, 0.15) is 0 Å². The van der Waals surface area contributed by atoms with Crippen LogP contribution in [0.2, 0.25) is 0 Å². The van der Waals surface area contributed by atoms with E-state index in [1.807, 2.05) is 6.07 Å². The number of nitrogens with one attached hydrogen (secondary N) is 2. The normalized spacial score (nSPS) is 19.8. The summed E-state index contributed by atoms with van der Waals surface area (Å²) < 4.78 is 2.38. The van der Waals surface area contributed by atoms with Gasteiger partial charge in [0.05, 0.1) is 0 Å². The highest BCUT2D eigenvalue weighted by Crippen LogP contribution is 2.31. The van der Waals surface area contributed by atoms with Crippen LogP contribution in [0, 0.1) is 6.92 Å². The summed E-state index contributed by atoms with van der Waals surface area (Å²) in [5.74, 6) is -0.203. The van der Waals surface area contributed by atoms with Crippen LogP contribution < -0.4 is 15.5 Å². The minimum atomic E-state index is -0.332. The number of carbonyl (C=O) groups excluding carboxylic acids is 2. The number of hydrogen-bond acceptors (Lipinski definition) is 3. The maximum Gasteiger partial charge on any atom is 0.328 e. The molecule has 2 aromatic rings. The summed E-state index contributed by atoms with van der Waals surface area (Å²) in [5.41, 5.74) is 3.29. The Bertz CT molecular complexity index is 805. The third kappa shape index (κ3) is 2.57. The van der Waals surface area contributed by atoms with E-state index in [0.29, 0.717) is 19.0 Å². The molecule has 2 saturated heterocycles. The highest BCUT2D eigenvalue weighted by Gasteiger charge is 2.25. The lowest BCUT2D eigenvalue weighted by molar-refractivity contribution is -0.120. The van der Waals surface area contributed by atoms with Gasteiger partial charge in [-0.15, -0.1) is 0 Å². The quantitative estimate of drug-likeness (QED) is 0.890. The molecule has 0 unspecified atom stereocenters. The molecule has 1 aromatic heterocycles. The van der Waals surface area contributed by atoms with E-state index in [9.17, 15) is 9.59 Å². The Morgan fingerprint density at radius 3 is 2.71 bits per heavy atom. The molecule has 0 saturated carbocycles. The summed E-state index contributed by atoms with van der Waals surface area (Å²) in [6.07, 6.45) is 4.85. The standard InChI is InChI=1S/C18H22N4O2/c1-12-11-22(13-4-7-19-8-5-13)16-3-2-14(10-15(12)16)21-9-6-17(23)20-18(21)24/h2-3,10-11,13,19H,4-9H2,1H3,(H,20,23,24). The molecule has 0 bridgehead atoms. The Kier molecular flexibility index (Phi) is 3.76. The van der Waals surface area contributed by atoms with Gasteiger partial charge in [-0.1, -0.05) is 0 Å². The molecule has 2 fully saturated rings. The van der Waals surface area contributed by atoms with Gasteiger partial charge in [0.25, 0.3) is 0 Å². The zero-order valence-electron chi connectivity index (χ0n) is 13.8. The molecule has 0 aliphatic carbocycles. The van der Waals surface area contributed by atoms with Crippen LogP contribution in [0.4, 0.5) is 10.5 Å². The van der Waals surface area contributed by atoms with Gasteiger partial charge in [0.2, 0.25) is 5.91 Å². The largest absolute Gasteiger partial charge is 0.344 e. The van der Waals surface area contributed by atoms with Crippen molar-refractivity contribution in [1.29, 1.82) is 0 Å². The van der Waals surface area contributed by atoms with Crippen molar-refractivity contribution < 1.29 is 9.59 Å². The average molecular weight is 326 g/mol. The summed E-state index contributed by atoms with van der Waals surface area (Å²) >= 11 is 0. The topological polar surface area (TPSA) is 66.4 Å². The predicted molar refractivity (Wildman–Crippen MR) is 93.3 cm³/mol. The Morgan fingerprint density at radius 2 is 1.96 bits per heavy atom. The van der Waals surface area contributed by atoms with E-state index in [0.717, 1.165) is 31.6 Å². The van der Waals surface area contributed by atoms with Crippen LogP contribution in [0.15, 0.2) is 24.4 Å². The van der Waals surface area contributed by atoms with E-state index in [1.165, 1.54) is 16.5 Å². The summed E-state index contributed by atoms with van der Waals surface area (Å²) in [6.45, 7) is 4.67. The zero-order valence-corrected chi connectivity index (χ0v) is 13.8. The second-order valence-electron chi connectivity index (χ2n) is 6.66. The van der Waals surface area contributed by atoms with E-state index in [2.05, 4.69) is 40.5 Å². The van der Waals surface area contributed by atoms with Crippen LogP contribution in [0.3, 0.4) is 0 Å². The van der Waals surface area contributed by atoms with E-state index >= 15 is 0 Å². The number of hydrogen-bond donors (Lipinski definition) is 2. The smallest absolute Gasteiger partial charge is 0.328 e. The molecule has 2 aliphatic heterocycles. The van der Waals surface area contributed by atoms with Gasteiger partial charge < -0.3 is 9.88 Å². The molecule has 2 N–H and O–H groups in total. The van der Waals surface area contributed by atoms with Crippen molar-refractivity contribution >= 4 is 28.5 Å². The third-order valence-corrected chi connectivity index (χ3v) is 5.08. The highest BCUT2D eigenvalue weighted by atomic mass is 16.2. The van der Waals surface area contributed by atoms with Crippen LogP contribution in [0.25, 0.3) is 10.9 Å². The Hall–Kier alpha value is -2.34. The van der Waals surface area contributed by atoms with Crippen molar-refractivity contribution in [3.05, 3.63) is 30.0 Å². The van der Waals surface area contributed by atoms with Crippen molar-refractivity contribution in [2.75, 3.05) is 24.5 Å². The first-order chi connectivity index (χ1) is 11.6. The van der Waals surface area contributed by atoms with Gasteiger partial charge >= 0.3 is 6.03 Å². The predicted octanol–water partition coefficient (Wildman–Crippen LogP) is 2.32. The number of nitrogens with zero attached hydrogens (tertiary/aromatic N) is 2. The molecular formula is C18H22N4O2. The highest BCUT2D eigenvalue weighted by molar-refractivity contribution is 6.06. The van der Waals surface area contributed by atoms with E-state index in [-0.39, 0.29) is 11.9 Å². The van der Waals surface area contributed by atoms with Crippen LogP contribution in [-0.2, 0) is 4.79 Å². The lowest BCUT2D eigenvalue weighted by Crippen LogP contribution is -2.49. The summed E-state index contributed by atoms with van der Waals surface area (Å²) in [5, 5.41) is 6.97. The van der Waals surface area contributed by atoms with E-state index in [1.54, 1.807) is 4.90 Å². The fourth-order valence-corrected chi connectivity index (χ4v) is 3.78. The van der Waals surface area contributed by atoms with Gasteiger partial charge in [-0.2, -0.15) is 0 Å². The van der Waals surface area contributed by atoms with Crippen molar-refractivity contribution in [1.82, 2.24) is 15.2 Å². The molecule has 6 heteroatoms. The van der Waals surface area contributed by atoms with Crippen LogP contribution in [-0.4, -0.2) is 36.1 Å². The molecule has 0 radical (unpaired) electrons. The maximum atomic E-state index is 12.1. The van der Waals surface area contributed by atoms with Crippen molar-refractivity contribution in [2.24, 2.45) is 0 Å². The molecule has 24 heavy (non-hydrogen) atoms. The summed E-state index contributed by atoms with van der Waals surface area (Å²) in [6, 6.07) is 6.35. The van der Waals surface area contributed by atoms with Crippen LogP contribution in [0.5, 0.6) is 0 Å². The van der Waals surface area contributed by atoms with Crippen molar-refractivity contribution in [3.63, 3.8) is 0 Å². The lowest BCUT2D eigenvalue weighted by Gasteiger charge is -2.27. The number of fused-ring (bicyclic) bond motifs is 1. The fourth-order valence-electron chi connectivity index (χ4n) is 3.78. The van der Waals surface area contributed by atoms with Gasteiger partial charge in [0.15, 0.2) is 0 Å². The van der Waals surface area contributed by atoms with E-state index in [4.69, 9.17) is 0 Å². The molecule has 126 valence electrons. The zero-order chi connectivity index (χ0) is 16.7. The molecular weight excluding hydrogens is 304 g/mol. The third-order valence-electron chi connectivity index (χ3n) is 5.08. The number of aryl methyl sites for hydroxylation is 1. The number of benzene rings is 1. The van der Waals surface area contributed by atoms with E-state index < -0.39 is 0 Å². The molecule has 0 atom stereocenters. The van der Waals surface area contributed by atoms with Crippen LogP contribution >= 0.6 is 0 Å². The molecule has 1 aromatic carbocycles. The Balaban J connectivity index is 1.70. The second-order valence-corrected chi connectivity index (χ2v) is 6.66. The molecule has 4 rings (SSSR count). The first-order valence-electron chi connectivity index (χ1n) is 8.57. The lowest BCUT2D eigenvalue weighted by atomic mass is 10.1. The minimum absolute atomic E-state index is 0.203. The second kappa shape index (κ2) is 5.94. The first-order valence-corrected chi connectivity index (χ1v) is 8.57. The van der Waals surface area contributed by atoms with Crippen LogP contribution in [0.1, 0.15) is 30.9 Å². The number of imide groups is 1. The molecule has 2 aliphatic rings. The molecule has 6 nitrogen and oxygen atoms in total. The number of aromatic nitrogens is 1. The minimum Gasteiger partial charge on any atom is -0.344 e. The monoisotopic (exact) mass is 326 g/mol. The first kappa shape index (κ1) is 15.2. The van der Waals surface area contributed by atoms with Gasteiger partial charge in [-0.05, 0) is 56.6 Å². The number of rotatable bonds is 2. The summed E-state index contributed by atoms with van der Waals surface area (Å²) in [7, 11) is 0. The summed E-state index contributed by atoms with van der Waals surface area (Å²) in [4.78, 5) is 25.0. The van der Waals surface area contributed by atoms with Gasteiger partial charge in [0, 0.05) is 41.8 Å². The number of anilines is 1.